The molecule has 2 heterocycles. The zero-order valence-corrected chi connectivity index (χ0v) is 21.2. The van der Waals surface area contributed by atoms with Gasteiger partial charge in [0, 0.05) is 33.1 Å². The Balaban J connectivity index is 1.72. The highest BCUT2D eigenvalue weighted by atomic mass is 127. The number of halogens is 2. The number of nitrogens with zero attached hydrogens (tertiary/aromatic N) is 2. The first-order chi connectivity index (χ1) is 14.9. The fourth-order valence-electron chi connectivity index (χ4n) is 4.52. The Morgan fingerprint density at radius 2 is 1.97 bits per heavy atom. The van der Waals surface area contributed by atoms with E-state index in [1.54, 1.807) is 0 Å². The van der Waals surface area contributed by atoms with Crippen LogP contribution >= 0.6 is 45.2 Å². The molecule has 0 spiro atoms. The summed E-state index contributed by atoms with van der Waals surface area (Å²) < 4.78 is 10.0. The second-order valence-electron chi connectivity index (χ2n) is 7.92. The minimum Gasteiger partial charge on any atom is -0.507 e. The number of fused-ring (bicyclic) bond motifs is 1. The molecule has 0 fully saturated rings. The van der Waals surface area contributed by atoms with Gasteiger partial charge in [-0.1, -0.05) is 30.3 Å². The number of ketones is 1. The zero-order valence-electron chi connectivity index (χ0n) is 16.9. The summed E-state index contributed by atoms with van der Waals surface area (Å²) in [5.41, 5.74) is 4.23. The number of phenolic OH excluding ortho intramolecular Hbond substituents is 1. The fraction of sp³-hybridized carbons (Fsp3) is 0.250. The number of Topliss-reactive ketones (excluding diaryl/α,β-unsaturated/α-hetero) is 1. The highest BCUT2D eigenvalue weighted by Gasteiger charge is 2.41. The summed E-state index contributed by atoms with van der Waals surface area (Å²) >= 11 is 4.40. The first-order valence-electron chi connectivity index (χ1n) is 10.2. The number of ether oxygens (including phenoxy) is 1. The number of rotatable bonds is 3. The van der Waals surface area contributed by atoms with Gasteiger partial charge in [-0.2, -0.15) is 5.10 Å². The fourth-order valence-corrected chi connectivity index (χ4v) is 6.41. The van der Waals surface area contributed by atoms with E-state index < -0.39 is 0 Å². The van der Waals surface area contributed by atoms with Crippen LogP contribution in [0.15, 0.2) is 53.8 Å². The number of allylic oxidation sites excluding steroid dienone is 2. The Morgan fingerprint density at radius 3 is 2.74 bits per heavy atom. The number of aromatic hydroxyl groups is 1. The van der Waals surface area contributed by atoms with E-state index in [-0.39, 0.29) is 17.5 Å². The van der Waals surface area contributed by atoms with Crippen molar-refractivity contribution in [1.29, 1.82) is 0 Å². The number of aromatic nitrogens is 2. The second kappa shape index (κ2) is 8.23. The molecule has 5 nitrogen and oxygen atoms in total. The third-order valence-electron chi connectivity index (χ3n) is 5.87. The first kappa shape index (κ1) is 21.0. The molecule has 1 atom stereocenters. The average molecular weight is 638 g/mol. The van der Waals surface area contributed by atoms with Crippen LogP contribution in [0.4, 0.5) is 0 Å². The van der Waals surface area contributed by atoms with Crippen LogP contribution in [-0.2, 0) is 11.3 Å². The van der Waals surface area contributed by atoms with Crippen molar-refractivity contribution in [3.8, 4) is 11.6 Å². The maximum atomic E-state index is 13.1. The molecule has 7 heteroatoms. The monoisotopic (exact) mass is 638 g/mol. The van der Waals surface area contributed by atoms with Crippen LogP contribution in [0.5, 0.6) is 11.6 Å². The van der Waals surface area contributed by atoms with E-state index >= 15 is 0 Å². The lowest BCUT2D eigenvalue weighted by atomic mass is 9.77. The highest BCUT2D eigenvalue weighted by molar-refractivity contribution is 14.1. The van der Waals surface area contributed by atoms with Gasteiger partial charge in [-0.05, 0) is 76.2 Å². The van der Waals surface area contributed by atoms with Crippen molar-refractivity contribution in [2.24, 2.45) is 0 Å². The smallest absolute Gasteiger partial charge is 0.222 e. The molecular weight excluding hydrogens is 618 g/mol. The van der Waals surface area contributed by atoms with E-state index in [0.29, 0.717) is 30.8 Å². The van der Waals surface area contributed by atoms with Crippen molar-refractivity contribution in [2.75, 3.05) is 0 Å². The van der Waals surface area contributed by atoms with Gasteiger partial charge in [-0.3, -0.25) is 4.79 Å². The topological polar surface area (TPSA) is 64.3 Å². The van der Waals surface area contributed by atoms with Gasteiger partial charge in [0.25, 0.3) is 0 Å². The summed E-state index contributed by atoms with van der Waals surface area (Å²) in [6.45, 7) is 2.53. The number of hydrogen-bond acceptors (Lipinski definition) is 4. The average Bonchev–Trinajstić information content (AvgIpc) is 3.05. The zero-order chi connectivity index (χ0) is 21.7. The molecule has 0 unspecified atom stereocenters. The summed E-state index contributed by atoms with van der Waals surface area (Å²) in [6, 6.07) is 14.0. The predicted octanol–water partition coefficient (Wildman–Crippen LogP) is 5.69. The lowest BCUT2D eigenvalue weighted by Crippen LogP contribution is -2.26. The molecule has 158 valence electrons. The van der Waals surface area contributed by atoms with E-state index in [9.17, 15) is 9.90 Å². The maximum absolute atomic E-state index is 13.1. The Labute approximate surface area is 207 Å². The van der Waals surface area contributed by atoms with Crippen LogP contribution in [0, 0.1) is 14.1 Å². The molecular formula is C24H20I2N2O3. The number of aryl methyl sites for hydroxylation is 1. The van der Waals surface area contributed by atoms with Gasteiger partial charge >= 0.3 is 0 Å². The number of carbonyl (C=O) groups excluding carboxylic acids is 1. The Kier molecular flexibility index (Phi) is 5.58. The Hall–Kier alpha value is -1.88. The van der Waals surface area contributed by atoms with Gasteiger partial charge in [0.05, 0.1) is 21.7 Å². The molecule has 1 aromatic heterocycles. The van der Waals surface area contributed by atoms with E-state index in [4.69, 9.17) is 9.84 Å². The Bertz CT molecular complexity index is 1230. The lowest BCUT2D eigenvalue weighted by molar-refractivity contribution is -0.116. The molecule has 1 aliphatic heterocycles. The number of benzene rings is 2. The molecule has 2 aromatic carbocycles. The Morgan fingerprint density at radius 1 is 1.19 bits per heavy atom. The molecule has 0 amide bonds. The van der Waals surface area contributed by atoms with E-state index in [2.05, 4.69) is 57.3 Å². The summed E-state index contributed by atoms with van der Waals surface area (Å²) in [6.07, 6.45) is 2.00. The number of carbonyl (C=O) groups is 1. The molecule has 0 saturated carbocycles. The molecule has 3 aromatic rings. The van der Waals surface area contributed by atoms with Gasteiger partial charge in [-0.15, -0.1) is 0 Å². The van der Waals surface area contributed by atoms with Crippen molar-refractivity contribution in [1.82, 2.24) is 9.78 Å². The molecule has 0 saturated heterocycles. The van der Waals surface area contributed by atoms with Crippen molar-refractivity contribution >= 4 is 51.0 Å². The maximum Gasteiger partial charge on any atom is 0.222 e. The minimum atomic E-state index is -0.376. The first-order valence-corrected chi connectivity index (χ1v) is 12.3. The summed E-state index contributed by atoms with van der Waals surface area (Å²) in [5.74, 6) is 1.34. The van der Waals surface area contributed by atoms with Crippen molar-refractivity contribution in [3.05, 3.63) is 83.3 Å². The van der Waals surface area contributed by atoms with Crippen molar-refractivity contribution < 1.29 is 14.6 Å². The minimum absolute atomic E-state index is 0.0976. The van der Waals surface area contributed by atoms with Gasteiger partial charge in [-0.25, -0.2) is 4.68 Å². The lowest BCUT2D eigenvalue weighted by Gasteiger charge is -2.32. The summed E-state index contributed by atoms with van der Waals surface area (Å²) in [5, 5.41) is 15.8. The van der Waals surface area contributed by atoms with Crippen LogP contribution in [0.1, 0.15) is 47.6 Å². The molecule has 2 aliphatic rings. The standard InChI is InChI=1S/C24H20I2N2O3/c1-13-20-21(16-10-15(25)11-17(26)23(16)30)22-18(29)8-5-9-19(22)31-24(20)28(27-13)12-14-6-3-2-4-7-14/h2-4,6-7,10-11,21,30H,5,8-9,12H2,1H3/t21-/m0/s1. The van der Waals surface area contributed by atoms with Crippen LogP contribution in [0.3, 0.4) is 0 Å². The third-order valence-corrected chi connectivity index (χ3v) is 7.32. The molecule has 31 heavy (non-hydrogen) atoms. The number of phenols is 1. The summed E-state index contributed by atoms with van der Waals surface area (Å²) in [7, 11) is 0. The van der Waals surface area contributed by atoms with E-state index in [0.717, 1.165) is 41.7 Å². The number of hydrogen-bond donors (Lipinski definition) is 1. The SMILES string of the molecule is Cc1nn(Cc2ccccc2)c2c1[C@H](c1cc(I)cc(I)c1O)C1=C(CCCC1=O)O2. The van der Waals surface area contributed by atoms with Crippen LogP contribution < -0.4 is 4.74 Å². The van der Waals surface area contributed by atoms with Crippen LogP contribution in [-0.4, -0.2) is 20.7 Å². The van der Waals surface area contributed by atoms with Crippen LogP contribution in [0.2, 0.25) is 0 Å². The molecule has 0 radical (unpaired) electrons. The van der Waals surface area contributed by atoms with Crippen molar-refractivity contribution in [2.45, 2.75) is 38.6 Å². The van der Waals surface area contributed by atoms with Gasteiger partial charge in [0.1, 0.15) is 11.5 Å². The third kappa shape index (κ3) is 3.69. The van der Waals surface area contributed by atoms with E-state index in [1.165, 1.54) is 0 Å². The van der Waals surface area contributed by atoms with E-state index in [1.807, 2.05) is 41.9 Å². The normalized spacial score (nSPS) is 17.9. The van der Waals surface area contributed by atoms with Gasteiger partial charge in [0.15, 0.2) is 5.78 Å². The molecule has 1 aliphatic carbocycles. The van der Waals surface area contributed by atoms with Crippen LogP contribution in [0.25, 0.3) is 0 Å². The molecule has 0 bridgehead atoms. The van der Waals surface area contributed by atoms with Crippen molar-refractivity contribution in [3.63, 3.8) is 0 Å². The van der Waals surface area contributed by atoms with Gasteiger partial charge in [0.2, 0.25) is 5.88 Å². The quantitative estimate of drug-likeness (QED) is 0.375. The highest BCUT2D eigenvalue weighted by Crippen LogP contribution is 2.50. The molecule has 1 N–H and O–H groups in total. The summed E-state index contributed by atoms with van der Waals surface area (Å²) in [4.78, 5) is 13.1. The molecule has 5 rings (SSSR count). The largest absolute Gasteiger partial charge is 0.507 e. The predicted molar refractivity (Wildman–Crippen MR) is 134 cm³/mol. The van der Waals surface area contributed by atoms with Gasteiger partial charge < -0.3 is 9.84 Å². The second-order valence-corrected chi connectivity index (χ2v) is 10.3.